The summed E-state index contributed by atoms with van der Waals surface area (Å²) in [5.74, 6) is 0. The first-order chi connectivity index (χ1) is 6.99. The van der Waals surface area contributed by atoms with Gasteiger partial charge in [-0.25, -0.2) is 4.79 Å². The Hall–Kier alpha value is -0.820. The first-order valence-electron chi connectivity index (χ1n) is 4.85. The van der Waals surface area contributed by atoms with Gasteiger partial charge in [0.25, 0.3) is 10.1 Å². The fraction of sp³-hybridized carbons (Fsp3) is 0.889. The largest absolute Gasteiger partial charge is 0.444 e. The Balaban J connectivity index is 3.94. The molecule has 1 amide bonds. The van der Waals surface area contributed by atoms with Crippen LogP contribution in [0.5, 0.6) is 0 Å². The van der Waals surface area contributed by atoms with Gasteiger partial charge in [-0.2, -0.15) is 8.42 Å². The van der Waals surface area contributed by atoms with Gasteiger partial charge in [0.15, 0.2) is 0 Å². The fourth-order valence-corrected chi connectivity index (χ4v) is 1.54. The monoisotopic (exact) mass is 253 g/mol. The van der Waals surface area contributed by atoms with Crippen LogP contribution < -0.4 is 5.32 Å². The van der Waals surface area contributed by atoms with Gasteiger partial charge in [-0.05, 0) is 27.7 Å². The van der Waals surface area contributed by atoms with E-state index in [1.807, 2.05) is 0 Å². The molecule has 0 unspecified atom stereocenters. The molecule has 1 N–H and O–H groups in total. The van der Waals surface area contributed by atoms with E-state index in [4.69, 9.17) is 4.74 Å². The molecular formula is C9H19NO5S. The Kier molecular flexibility index (Phi) is 5.21. The van der Waals surface area contributed by atoms with Crippen molar-refractivity contribution in [3.05, 3.63) is 0 Å². The van der Waals surface area contributed by atoms with Gasteiger partial charge in [0.2, 0.25) is 0 Å². The van der Waals surface area contributed by atoms with Gasteiger partial charge in [-0.1, -0.05) is 0 Å². The van der Waals surface area contributed by atoms with Gasteiger partial charge in [0, 0.05) is 6.54 Å². The number of carbonyl (C=O) groups is 1. The van der Waals surface area contributed by atoms with Gasteiger partial charge in [0.05, 0.1) is 12.4 Å². The summed E-state index contributed by atoms with van der Waals surface area (Å²) in [6.07, 6.45) is -0.268. The third-order valence-electron chi connectivity index (χ3n) is 1.27. The Bertz CT molecular complexity index is 330. The van der Waals surface area contributed by atoms with Crippen LogP contribution in [0.4, 0.5) is 4.79 Å². The molecule has 7 heteroatoms. The molecule has 1 atom stereocenters. The standard InChI is InChI=1S/C9H19NO5S/c1-7(15-16(5,12)13)6-10-8(11)14-9(2,3)4/h7H,6H2,1-5H3,(H,10,11)/t7-/m1/s1. The van der Waals surface area contributed by atoms with E-state index < -0.39 is 27.9 Å². The van der Waals surface area contributed by atoms with Gasteiger partial charge >= 0.3 is 6.09 Å². The SMILES string of the molecule is C[C@H](CNC(=O)OC(C)(C)C)OS(C)(=O)=O. The molecule has 16 heavy (non-hydrogen) atoms. The predicted molar refractivity (Wildman–Crippen MR) is 59.6 cm³/mol. The molecule has 0 heterocycles. The zero-order chi connectivity index (χ0) is 13.0. The Morgan fingerprint density at radius 3 is 2.25 bits per heavy atom. The van der Waals surface area contributed by atoms with E-state index in [0.717, 1.165) is 6.26 Å². The first kappa shape index (κ1) is 15.2. The molecule has 0 aliphatic rings. The van der Waals surface area contributed by atoms with Crippen LogP contribution in [0.3, 0.4) is 0 Å². The summed E-state index contributed by atoms with van der Waals surface area (Å²) in [5.41, 5.74) is -0.578. The molecule has 0 aliphatic carbocycles. The highest BCUT2D eigenvalue weighted by Gasteiger charge is 2.17. The lowest BCUT2D eigenvalue weighted by Crippen LogP contribution is -2.37. The maximum atomic E-state index is 11.2. The van der Waals surface area contributed by atoms with Crippen molar-refractivity contribution in [2.75, 3.05) is 12.8 Å². The van der Waals surface area contributed by atoms with Crippen molar-refractivity contribution in [1.29, 1.82) is 0 Å². The van der Waals surface area contributed by atoms with Crippen LogP contribution in [-0.4, -0.2) is 39.0 Å². The number of alkyl carbamates (subject to hydrolysis) is 1. The van der Waals surface area contributed by atoms with Gasteiger partial charge < -0.3 is 10.1 Å². The summed E-state index contributed by atoms with van der Waals surface area (Å²) in [7, 11) is -3.50. The van der Waals surface area contributed by atoms with Crippen molar-refractivity contribution >= 4 is 16.2 Å². The topological polar surface area (TPSA) is 81.7 Å². The highest BCUT2D eigenvalue weighted by Crippen LogP contribution is 2.06. The number of rotatable bonds is 4. The zero-order valence-electron chi connectivity index (χ0n) is 10.2. The lowest BCUT2D eigenvalue weighted by atomic mass is 10.2. The molecular weight excluding hydrogens is 234 g/mol. The van der Waals surface area contributed by atoms with Crippen molar-refractivity contribution in [1.82, 2.24) is 5.32 Å². The highest BCUT2D eigenvalue weighted by molar-refractivity contribution is 7.86. The van der Waals surface area contributed by atoms with E-state index >= 15 is 0 Å². The molecule has 0 bridgehead atoms. The molecule has 0 aromatic rings. The van der Waals surface area contributed by atoms with E-state index in [9.17, 15) is 13.2 Å². The van der Waals surface area contributed by atoms with Gasteiger partial charge in [0.1, 0.15) is 5.60 Å². The summed E-state index contributed by atoms with van der Waals surface area (Å²) < 4.78 is 31.1. The van der Waals surface area contributed by atoms with Crippen LogP contribution in [-0.2, 0) is 19.0 Å². The van der Waals surface area contributed by atoms with E-state index in [-0.39, 0.29) is 6.54 Å². The van der Waals surface area contributed by atoms with Gasteiger partial charge in [-0.3, -0.25) is 4.18 Å². The molecule has 0 saturated carbocycles. The molecule has 0 fully saturated rings. The summed E-state index contributed by atoms with van der Waals surface area (Å²) in [5, 5.41) is 2.41. The molecule has 0 spiro atoms. The fourth-order valence-electron chi connectivity index (χ4n) is 0.874. The second kappa shape index (κ2) is 5.49. The number of amides is 1. The minimum atomic E-state index is -3.50. The normalized spacial score (nSPS) is 14.3. The first-order valence-corrected chi connectivity index (χ1v) is 6.66. The molecule has 0 aliphatic heterocycles. The van der Waals surface area contributed by atoms with E-state index in [1.54, 1.807) is 27.7 Å². The second-order valence-corrected chi connectivity index (χ2v) is 6.09. The average molecular weight is 253 g/mol. The number of nitrogens with one attached hydrogen (secondary N) is 1. The minimum Gasteiger partial charge on any atom is -0.444 e. The number of hydrogen-bond acceptors (Lipinski definition) is 5. The summed E-state index contributed by atoms with van der Waals surface area (Å²) >= 11 is 0. The lowest BCUT2D eigenvalue weighted by molar-refractivity contribution is 0.0506. The minimum absolute atomic E-state index is 0.0714. The predicted octanol–water partition coefficient (Wildman–Crippen LogP) is 0.876. The van der Waals surface area contributed by atoms with E-state index in [1.165, 1.54) is 0 Å². The molecule has 0 radical (unpaired) electrons. The van der Waals surface area contributed by atoms with E-state index in [2.05, 4.69) is 9.50 Å². The van der Waals surface area contributed by atoms with Crippen LogP contribution in [0.2, 0.25) is 0 Å². The average Bonchev–Trinajstić information content (AvgIpc) is 1.94. The van der Waals surface area contributed by atoms with Crippen molar-refractivity contribution in [2.24, 2.45) is 0 Å². The van der Waals surface area contributed by atoms with Crippen LogP contribution in [0.1, 0.15) is 27.7 Å². The third-order valence-corrected chi connectivity index (χ3v) is 1.95. The maximum absolute atomic E-state index is 11.2. The van der Waals surface area contributed by atoms with Crippen molar-refractivity contribution in [3.63, 3.8) is 0 Å². The second-order valence-electron chi connectivity index (χ2n) is 4.49. The Morgan fingerprint density at radius 1 is 1.38 bits per heavy atom. The zero-order valence-corrected chi connectivity index (χ0v) is 11.1. The Labute approximate surface area is 96.4 Å². The molecule has 0 rings (SSSR count). The number of hydrogen-bond donors (Lipinski definition) is 1. The van der Waals surface area contributed by atoms with Crippen LogP contribution in [0.15, 0.2) is 0 Å². The van der Waals surface area contributed by atoms with Crippen molar-refractivity contribution < 1.29 is 22.1 Å². The number of ether oxygens (including phenoxy) is 1. The summed E-state index contributed by atoms with van der Waals surface area (Å²) in [6, 6.07) is 0. The molecule has 0 aromatic carbocycles. The van der Waals surface area contributed by atoms with Crippen LogP contribution in [0, 0.1) is 0 Å². The summed E-state index contributed by atoms with van der Waals surface area (Å²) in [4.78, 5) is 11.2. The smallest absolute Gasteiger partial charge is 0.407 e. The number of carbonyl (C=O) groups excluding carboxylic acids is 1. The summed E-state index contributed by atoms with van der Waals surface area (Å²) in [6.45, 7) is 6.83. The van der Waals surface area contributed by atoms with Crippen molar-refractivity contribution in [3.8, 4) is 0 Å². The molecule has 6 nitrogen and oxygen atoms in total. The Morgan fingerprint density at radius 2 is 1.88 bits per heavy atom. The highest BCUT2D eigenvalue weighted by atomic mass is 32.2. The van der Waals surface area contributed by atoms with Crippen molar-refractivity contribution in [2.45, 2.75) is 39.4 Å². The maximum Gasteiger partial charge on any atom is 0.407 e. The van der Waals surface area contributed by atoms with Gasteiger partial charge in [-0.15, -0.1) is 0 Å². The quantitative estimate of drug-likeness (QED) is 0.752. The van der Waals surface area contributed by atoms with E-state index in [0.29, 0.717) is 0 Å². The third kappa shape index (κ3) is 9.72. The molecule has 0 aromatic heterocycles. The molecule has 0 saturated heterocycles. The van der Waals surface area contributed by atoms with Crippen LogP contribution >= 0.6 is 0 Å². The lowest BCUT2D eigenvalue weighted by Gasteiger charge is -2.20. The molecule has 96 valence electrons. The van der Waals surface area contributed by atoms with Crippen LogP contribution in [0.25, 0.3) is 0 Å².